The van der Waals surface area contributed by atoms with Gasteiger partial charge in [-0.15, -0.1) is 0 Å². The third-order valence-corrected chi connectivity index (χ3v) is 6.71. The first-order valence-electron chi connectivity index (χ1n) is 11.6. The maximum Gasteiger partial charge on any atom is 0.233 e. The first-order valence-corrected chi connectivity index (χ1v) is 12.4. The van der Waals surface area contributed by atoms with Crippen molar-refractivity contribution < 1.29 is 9.53 Å². The number of carbonyl (C=O) groups is 1. The number of carbonyl (C=O) groups excluding carboxylic acids is 1. The second-order valence-corrected chi connectivity index (χ2v) is 9.15. The van der Waals surface area contributed by atoms with E-state index in [1.54, 1.807) is 17.3 Å². The molecule has 174 valence electrons. The van der Waals surface area contributed by atoms with Crippen LogP contribution in [0.4, 0.5) is 5.13 Å². The van der Waals surface area contributed by atoms with Crippen LogP contribution in [0.15, 0.2) is 97.3 Å². The zero-order valence-corrected chi connectivity index (χ0v) is 20.2. The summed E-state index contributed by atoms with van der Waals surface area (Å²) in [6, 6.07) is 28.1. The van der Waals surface area contributed by atoms with Crippen molar-refractivity contribution >= 4 is 32.6 Å². The standard InChI is InChI=1S/C29H25N3O2S/c1-2-34-25-14-15-26-27(18-25)35-29(31-26)32(20-22-7-6-16-30-19-22)28(33)17-21-10-12-24(13-11-21)23-8-4-3-5-9-23/h3-16,18-19H,2,17,20H2,1H3. The molecule has 5 aromatic rings. The molecule has 5 rings (SSSR count). The molecule has 0 saturated heterocycles. The van der Waals surface area contributed by atoms with E-state index in [0.29, 0.717) is 18.3 Å². The van der Waals surface area contributed by atoms with E-state index in [4.69, 9.17) is 9.72 Å². The monoisotopic (exact) mass is 479 g/mol. The number of rotatable bonds is 8. The second-order valence-electron chi connectivity index (χ2n) is 8.14. The lowest BCUT2D eigenvalue weighted by molar-refractivity contribution is -0.118. The Kier molecular flexibility index (Phi) is 6.82. The molecule has 3 aromatic carbocycles. The Bertz CT molecular complexity index is 1420. The summed E-state index contributed by atoms with van der Waals surface area (Å²) in [5, 5.41) is 0.670. The molecule has 5 nitrogen and oxygen atoms in total. The third kappa shape index (κ3) is 5.39. The molecule has 6 heteroatoms. The van der Waals surface area contributed by atoms with Gasteiger partial charge < -0.3 is 4.74 Å². The van der Waals surface area contributed by atoms with E-state index < -0.39 is 0 Å². The smallest absolute Gasteiger partial charge is 0.233 e. The SMILES string of the molecule is CCOc1ccc2nc(N(Cc3cccnc3)C(=O)Cc3ccc(-c4ccccc4)cc3)sc2c1. The lowest BCUT2D eigenvalue weighted by Gasteiger charge is -2.20. The number of hydrogen-bond acceptors (Lipinski definition) is 5. The van der Waals surface area contributed by atoms with E-state index in [1.807, 2.05) is 67.6 Å². The van der Waals surface area contributed by atoms with Crippen molar-refractivity contribution in [2.45, 2.75) is 19.9 Å². The van der Waals surface area contributed by atoms with Crippen LogP contribution >= 0.6 is 11.3 Å². The average Bonchev–Trinajstić information content (AvgIpc) is 3.32. The fraction of sp³-hybridized carbons (Fsp3) is 0.138. The minimum absolute atomic E-state index is 0.00889. The highest BCUT2D eigenvalue weighted by molar-refractivity contribution is 7.22. The molecule has 2 heterocycles. The van der Waals surface area contributed by atoms with Gasteiger partial charge in [0.1, 0.15) is 5.75 Å². The van der Waals surface area contributed by atoms with Gasteiger partial charge in [-0.1, -0.05) is 72.0 Å². The van der Waals surface area contributed by atoms with Crippen LogP contribution in [0.2, 0.25) is 0 Å². The van der Waals surface area contributed by atoms with Gasteiger partial charge in [-0.05, 0) is 53.4 Å². The minimum atomic E-state index is -0.00889. The van der Waals surface area contributed by atoms with E-state index in [0.717, 1.165) is 38.2 Å². The van der Waals surface area contributed by atoms with Gasteiger partial charge in [-0.2, -0.15) is 0 Å². The summed E-state index contributed by atoms with van der Waals surface area (Å²) in [5.74, 6) is 0.796. The lowest BCUT2D eigenvalue weighted by Crippen LogP contribution is -2.31. The number of pyridine rings is 1. The Morgan fingerprint density at radius 3 is 2.46 bits per heavy atom. The number of fused-ring (bicyclic) bond motifs is 1. The van der Waals surface area contributed by atoms with E-state index in [1.165, 1.54) is 11.3 Å². The van der Waals surface area contributed by atoms with Crippen LogP contribution in [0.1, 0.15) is 18.1 Å². The van der Waals surface area contributed by atoms with Gasteiger partial charge >= 0.3 is 0 Å². The zero-order valence-electron chi connectivity index (χ0n) is 19.4. The number of benzene rings is 3. The number of ether oxygens (including phenoxy) is 1. The molecule has 0 atom stereocenters. The van der Waals surface area contributed by atoms with Crippen molar-refractivity contribution in [3.63, 3.8) is 0 Å². The van der Waals surface area contributed by atoms with Crippen molar-refractivity contribution in [1.29, 1.82) is 0 Å². The molecular formula is C29H25N3O2S. The van der Waals surface area contributed by atoms with Crippen LogP contribution in [-0.4, -0.2) is 22.5 Å². The highest BCUT2D eigenvalue weighted by atomic mass is 32.1. The van der Waals surface area contributed by atoms with E-state index in [9.17, 15) is 4.79 Å². The van der Waals surface area contributed by atoms with Crippen LogP contribution in [0, 0.1) is 0 Å². The predicted octanol–water partition coefficient (Wildman–Crippen LogP) is 6.53. The van der Waals surface area contributed by atoms with Gasteiger partial charge in [0.25, 0.3) is 0 Å². The Labute approximate surface area is 208 Å². The van der Waals surface area contributed by atoms with Crippen molar-refractivity contribution in [1.82, 2.24) is 9.97 Å². The van der Waals surface area contributed by atoms with Crippen molar-refractivity contribution in [3.05, 3.63) is 108 Å². The largest absolute Gasteiger partial charge is 0.494 e. The maximum atomic E-state index is 13.6. The summed E-state index contributed by atoms with van der Waals surface area (Å²) in [4.78, 5) is 24.3. The molecule has 2 aromatic heterocycles. The Morgan fingerprint density at radius 2 is 1.71 bits per heavy atom. The summed E-state index contributed by atoms with van der Waals surface area (Å²) < 4.78 is 6.63. The number of amides is 1. The van der Waals surface area contributed by atoms with E-state index >= 15 is 0 Å². The summed E-state index contributed by atoms with van der Waals surface area (Å²) in [6.45, 7) is 2.97. The zero-order chi connectivity index (χ0) is 24.0. The lowest BCUT2D eigenvalue weighted by atomic mass is 10.0. The summed E-state index contributed by atoms with van der Waals surface area (Å²) in [5.41, 5.74) is 5.06. The van der Waals surface area contributed by atoms with Crippen molar-refractivity contribution in [2.24, 2.45) is 0 Å². The van der Waals surface area contributed by atoms with Gasteiger partial charge in [0, 0.05) is 12.4 Å². The molecule has 0 aliphatic rings. The number of thiazole rings is 1. The Hall–Kier alpha value is -4.03. The number of aromatic nitrogens is 2. The predicted molar refractivity (Wildman–Crippen MR) is 142 cm³/mol. The fourth-order valence-electron chi connectivity index (χ4n) is 3.92. The Morgan fingerprint density at radius 1 is 0.914 bits per heavy atom. The summed E-state index contributed by atoms with van der Waals surface area (Å²) in [7, 11) is 0. The third-order valence-electron chi connectivity index (χ3n) is 5.67. The van der Waals surface area contributed by atoms with Gasteiger partial charge in [0.05, 0.1) is 29.8 Å². The molecule has 0 fully saturated rings. The first kappa shape index (κ1) is 22.7. The molecule has 0 radical (unpaired) electrons. The number of anilines is 1. The van der Waals surface area contributed by atoms with Crippen LogP contribution in [0.25, 0.3) is 21.3 Å². The van der Waals surface area contributed by atoms with Crippen LogP contribution in [0.5, 0.6) is 5.75 Å². The average molecular weight is 480 g/mol. The Balaban J connectivity index is 1.41. The highest BCUT2D eigenvalue weighted by Gasteiger charge is 2.21. The molecule has 1 amide bonds. The normalized spacial score (nSPS) is 10.9. The maximum absolute atomic E-state index is 13.6. The minimum Gasteiger partial charge on any atom is -0.494 e. The van der Waals surface area contributed by atoms with E-state index in [2.05, 4.69) is 29.2 Å². The molecule has 0 aliphatic carbocycles. The van der Waals surface area contributed by atoms with E-state index in [-0.39, 0.29) is 12.3 Å². The molecule has 35 heavy (non-hydrogen) atoms. The fourth-order valence-corrected chi connectivity index (χ4v) is 4.93. The quantitative estimate of drug-likeness (QED) is 0.254. The molecule has 0 saturated carbocycles. The summed E-state index contributed by atoms with van der Waals surface area (Å²) >= 11 is 1.50. The van der Waals surface area contributed by atoms with Crippen LogP contribution < -0.4 is 9.64 Å². The molecule has 0 aliphatic heterocycles. The second kappa shape index (κ2) is 10.5. The number of hydrogen-bond donors (Lipinski definition) is 0. The molecule has 0 bridgehead atoms. The van der Waals surface area contributed by atoms with Crippen molar-refractivity contribution in [2.75, 3.05) is 11.5 Å². The van der Waals surface area contributed by atoms with Crippen LogP contribution in [0.3, 0.4) is 0 Å². The molecular weight excluding hydrogens is 454 g/mol. The number of nitrogens with zero attached hydrogens (tertiary/aromatic N) is 3. The highest BCUT2D eigenvalue weighted by Crippen LogP contribution is 2.33. The van der Waals surface area contributed by atoms with Gasteiger partial charge in [-0.25, -0.2) is 4.98 Å². The van der Waals surface area contributed by atoms with Crippen molar-refractivity contribution in [3.8, 4) is 16.9 Å². The van der Waals surface area contributed by atoms with Gasteiger partial charge in [0.2, 0.25) is 5.91 Å². The summed E-state index contributed by atoms with van der Waals surface area (Å²) in [6.07, 6.45) is 3.81. The molecule has 0 unspecified atom stereocenters. The van der Waals surface area contributed by atoms with Gasteiger partial charge in [0.15, 0.2) is 5.13 Å². The van der Waals surface area contributed by atoms with Gasteiger partial charge in [-0.3, -0.25) is 14.7 Å². The molecule has 0 spiro atoms. The first-order chi connectivity index (χ1) is 17.2. The topological polar surface area (TPSA) is 55.3 Å². The van der Waals surface area contributed by atoms with Crippen LogP contribution in [-0.2, 0) is 17.8 Å². The molecule has 0 N–H and O–H groups in total.